The standard InChI is InChI=1S/C14H20N2OS2/c1-2-11-14(17)16(9-10-5-3-7-18-10)13(15-11)12-6-4-8-19-12/h4,6,8,10-11,13,15H,2-3,5,7,9H2,1H3. The average Bonchev–Trinajstić information content (AvgIpc) is 3.13. The summed E-state index contributed by atoms with van der Waals surface area (Å²) in [6.45, 7) is 2.98. The predicted molar refractivity (Wildman–Crippen MR) is 81.5 cm³/mol. The van der Waals surface area contributed by atoms with Crippen molar-refractivity contribution in [3.05, 3.63) is 22.4 Å². The summed E-state index contributed by atoms with van der Waals surface area (Å²) in [5.41, 5.74) is 0. The fraction of sp³-hybridized carbons (Fsp3) is 0.643. The Hall–Kier alpha value is -0.520. The molecule has 19 heavy (non-hydrogen) atoms. The first kappa shape index (κ1) is 13.5. The van der Waals surface area contributed by atoms with E-state index >= 15 is 0 Å². The van der Waals surface area contributed by atoms with Crippen LogP contribution >= 0.6 is 23.1 Å². The van der Waals surface area contributed by atoms with Crippen molar-refractivity contribution in [2.75, 3.05) is 12.3 Å². The lowest BCUT2D eigenvalue weighted by Gasteiger charge is -2.26. The van der Waals surface area contributed by atoms with Crippen LogP contribution in [0.5, 0.6) is 0 Å². The van der Waals surface area contributed by atoms with Crippen LogP contribution in [0.2, 0.25) is 0 Å². The molecule has 0 radical (unpaired) electrons. The van der Waals surface area contributed by atoms with Crippen LogP contribution in [0.15, 0.2) is 17.5 Å². The van der Waals surface area contributed by atoms with Crippen molar-refractivity contribution in [1.82, 2.24) is 10.2 Å². The van der Waals surface area contributed by atoms with Crippen LogP contribution in [0.25, 0.3) is 0 Å². The van der Waals surface area contributed by atoms with E-state index in [4.69, 9.17) is 0 Å². The fourth-order valence-electron chi connectivity index (χ4n) is 2.86. The van der Waals surface area contributed by atoms with Gasteiger partial charge < -0.3 is 4.90 Å². The lowest BCUT2D eigenvalue weighted by Crippen LogP contribution is -2.35. The van der Waals surface area contributed by atoms with E-state index in [2.05, 4.69) is 34.7 Å². The molecule has 3 unspecified atom stereocenters. The monoisotopic (exact) mass is 296 g/mol. The highest BCUT2D eigenvalue weighted by molar-refractivity contribution is 8.00. The maximum absolute atomic E-state index is 12.5. The van der Waals surface area contributed by atoms with Crippen LogP contribution < -0.4 is 5.32 Å². The second-order valence-corrected chi connectivity index (χ2v) is 7.56. The van der Waals surface area contributed by atoms with Gasteiger partial charge in [0, 0.05) is 16.7 Å². The van der Waals surface area contributed by atoms with E-state index in [1.54, 1.807) is 11.3 Å². The lowest BCUT2D eigenvalue weighted by molar-refractivity contribution is -0.130. The van der Waals surface area contributed by atoms with Gasteiger partial charge in [0.25, 0.3) is 0 Å². The minimum atomic E-state index is -0.00139. The maximum atomic E-state index is 12.5. The molecule has 1 N–H and O–H groups in total. The summed E-state index contributed by atoms with van der Waals surface area (Å²) in [7, 11) is 0. The third-order valence-electron chi connectivity index (χ3n) is 3.90. The van der Waals surface area contributed by atoms with Gasteiger partial charge in [0.1, 0.15) is 6.17 Å². The summed E-state index contributed by atoms with van der Waals surface area (Å²) in [5.74, 6) is 1.54. The van der Waals surface area contributed by atoms with Crippen molar-refractivity contribution in [2.24, 2.45) is 0 Å². The molecule has 1 aromatic heterocycles. The van der Waals surface area contributed by atoms with Gasteiger partial charge in [0.05, 0.1) is 6.04 Å². The Labute approximate surface area is 122 Å². The summed E-state index contributed by atoms with van der Waals surface area (Å²) in [5, 5.41) is 6.21. The second kappa shape index (κ2) is 5.85. The van der Waals surface area contributed by atoms with E-state index in [9.17, 15) is 4.79 Å². The molecule has 104 valence electrons. The number of thiophene rings is 1. The third kappa shape index (κ3) is 2.69. The van der Waals surface area contributed by atoms with Gasteiger partial charge in [0.15, 0.2) is 0 Å². The predicted octanol–water partition coefficient (Wildman–Crippen LogP) is 2.85. The molecule has 0 bridgehead atoms. The molecule has 2 fully saturated rings. The van der Waals surface area contributed by atoms with Crippen molar-refractivity contribution in [3.63, 3.8) is 0 Å². The number of carbonyl (C=O) groups excluding carboxylic acids is 1. The van der Waals surface area contributed by atoms with Crippen LogP contribution in [-0.4, -0.2) is 34.4 Å². The Morgan fingerprint density at radius 2 is 2.42 bits per heavy atom. The number of amides is 1. The van der Waals surface area contributed by atoms with Crippen LogP contribution in [0, 0.1) is 0 Å². The molecule has 3 nitrogen and oxygen atoms in total. The molecule has 0 aromatic carbocycles. The number of rotatable bonds is 4. The average molecular weight is 296 g/mol. The zero-order chi connectivity index (χ0) is 13.2. The highest BCUT2D eigenvalue weighted by atomic mass is 32.2. The summed E-state index contributed by atoms with van der Waals surface area (Å²) in [4.78, 5) is 15.8. The molecular formula is C14H20N2OS2. The van der Waals surface area contributed by atoms with Gasteiger partial charge in [-0.2, -0.15) is 11.8 Å². The second-order valence-electron chi connectivity index (χ2n) is 5.17. The zero-order valence-corrected chi connectivity index (χ0v) is 12.8. The number of hydrogen-bond acceptors (Lipinski definition) is 4. The number of carbonyl (C=O) groups is 1. The molecule has 1 amide bonds. The van der Waals surface area contributed by atoms with Crippen molar-refractivity contribution < 1.29 is 4.79 Å². The van der Waals surface area contributed by atoms with Crippen LogP contribution in [-0.2, 0) is 4.79 Å². The molecule has 0 aliphatic carbocycles. The number of hydrogen-bond donors (Lipinski definition) is 1. The summed E-state index contributed by atoms with van der Waals surface area (Å²) in [6.07, 6.45) is 3.52. The van der Waals surface area contributed by atoms with Crippen molar-refractivity contribution in [3.8, 4) is 0 Å². The van der Waals surface area contributed by atoms with E-state index in [-0.39, 0.29) is 18.1 Å². The van der Waals surface area contributed by atoms with Gasteiger partial charge in [-0.15, -0.1) is 11.3 Å². The van der Waals surface area contributed by atoms with E-state index in [1.165, 1.54) is 23.5 Å². The summed E-state index contributed by atoms with van der Waals surface area (Å²) >= 11 is 3.75. The van der Waals surface area contributed by atoms with E-state index in [1.807, 2.05) is 11.8 Å². The summed E-state index contributed by atoms with van der Waals surface area (Å²) < 4.78 is 0. The Morgan fingerprint density at radius 3 is 3.05 bits per heavy atom. The molecule has 2 aliphatic rings. The molecule has 3 atom stereocenters. The zero-order valence-electron chi connectivity index (χ0n) is 11.2. The minimum Gasteiger partial charge on any atom is -0.320 e. The van der Waals surface area contributed by atoms with Gasteiger partial charge in [-0.1, -0.05) is 13.0 Å². The quantitative estimate of drug-likeness (QED) is 0.927. The molecule has 3 rings (SSSR count). The first-order valence-electron chi connectivity index (χ1n) is 7.01. The first-order valence-corrected chi connectivity index (χ1v) is 8.94. The molecule has 0 spiro atoms. The van der Waals surface area contributed by atoms with E-state index in [0.717, 1.165) is 13.0 Å². The molecule has 1 aromatic rings. The smallest absolute Gasteiger partial charge is 0.241 e. The lowest BCUT2D eigenvalue weighted by atomic mass is 10.2. The number of nitrogens with one attached hydrogen (secondary N) is 1. The molecular weight excluding hydrogens is 276 g/mol. The Morgan fingerprint density at radius 1 is 1.53 bits per heavy atom. The van der Waals surface area contributed by atoms with Gasteiger partial charge in [0.2, 0.25) is 5.91 Å². The van der Waals surface area contributed by atoms with Crippen molar-refractivity contribution in [1.29, 1.82) is 0 Å². The fourth-order valence-corrected chi connectivity index (χ4v) is 4.92. The van der Waals surface area contributed by atoms with E-state index in [0.29, 0.717) is 5.25 Å². The SMILES string of the molecule is CCC1NC(c2cccs2)N(CC2CCCS2)C1=O. The Kier molecular flexibility index (Phi) is 4.15. The molecule has 2 saturated heterocycles. The summed E-state index contributed by atoms with van der Waals surface area (Å²) in [6, 6.07) is 4.19. The number of thioether (sulfide) groups is 1. The topological polar surface area (TPSA) is 32.3 Å². The molecule has 2 aliphatic heterocycles. The Balaban J connectivity index is 1.77. The highest BCUT2D eigenvalue weighted by Crippen LogP contribution is 2.33. The first-order chi connectivity index (χ1) is 9.29. The third-order valence-corrected chi connectivity index (χ3v) is 6.20. The minimum absolute atomic E-state index is 0.00139. The maximum Gasteiger partial charge on any atom is 0.241 e. The highest BCUT2D eigenvalue weighted by Gasteiger charge is 2.40. The van der Waals surface area contributed by atoms with Gasteiger partial charge in [-0.25, -0.2) is 0 Å². The van der Waals surface area contributed by atoms with Gasteiger partial charge >= 0.3 is 0 Å². The van der Waals surface area contributed by atoms with Crippen LogP contribution in [0.1, 0.15) is 37.2 Å². The molecule has 3 heterocycles. The largest absolute Gasteiger partial charge is 0.320 e. The van der Waals surface area contributed by atoms with Crippen molar-refractivity contribution in [2.45, 2.75) is 43.6 Å². The normalized spacial score (nSPS) is 31.3. The molecule has 5 heteroatoms. The van der Waals surface area contributed by atoms with Crippen LogP contribution in [0.3, 0.4) is 0 Å². The van der Waals surface area contributed by atoms with Crippen LogP contribution in [0.4, 0.5) is 0 Å². The number of nitrogens with zero attached hydrogens (tertiary/aromatic N) is 1. The molecule has 0 saturated carbocycles. The Bertz CT molecular complexity index is 429. The van der Waals surface area contributed by atoms with Crippen molar-refractivity contribution >= 4 is 29.0 Å². The van der Waals surface area contributed by atoms with Gasteiger partial charge in [-0.3, -0.25) is 10.1 Å². The van der Waals surface area contributed by atoms with Gasteiger partial charge in [-0.05, 0) is 36.5 Å². The van der Waals surface area contributed by atoms with E-state index < -0.39 is 0 Å².